The lowest BCUT2D eigenvalue weighted by Gasteiger charge is -2.24. The quantitative estimate of drug-likeness (QED) is 0.0775. The molecule has 0 saturated heterocycles. The van der Waals surface area contributed by atoms with Gasteiger partial charge in [-0.1, -0.05) is 142 Å². The van der Waals surface area contributed by atoms with E-state index in [0.29, 0.717) is 6.54 Å². The Morgan fingerprint density at radius 3 is 1.19 bits per heavy atom. The summed E-state index contributed by atoms with van der Waals surface area (Å²) in [6.07, 6.45) is 21.9. The number of hydrogen-bond acceptors (Lipinski definition) is 6. The Labute approximate surface area is 227 Å². The van der Waals surface area contributed by atoms with Crippen LogP contribution >= 0.6 is 0 Å². The molecule has 6 N–H and O–H groups in total. The first-order valence-electron chi connectivity index (χ1n) is 15.6. The lowest BCUT2D eigenvalue weighted by atomic mass is 10.0. The zero-order chi connectivity index (χ0) is 27.6. The van der Waals surface area contributed by atoms with Crippen LogP contribution in [0.25, 0.3) is 0 Å². The van der Waals surface area contributed by atoms with Crippen LogP contribution in [0.1, 0.15) is 148 Å². The number of aliphatic hydroxyl groups excluding tert-OH is 5. The summed E-state index contributed by atoms with van der Waals surface area (Å²) in [4.78, 5) is 11.8. The summed E-state index contributed by atoms with van der Waals surface area (Å²) in [6, 6.07) is 0. The number of hydrogen-bond donors (Lipinski definition) is 6. The molecule has 0 bridgehead atoms. The Bertz CT molecular complexity index is 493. The van der Waals surface area contributed by atoms with Gasteiger partial charge in [0, 0.05) is 6.54 Å². The average molecular weight is 532 g/mol. The second-order valence-corrected chi connectivity index (χ2v) is 10.9. The summed E-state index contributed by atoms with van der Waals surface area (Å²) >= 11 is 0. The van der Waals surface area contributed by atoms with Crippen molar-refractivity contribution in [1.29, 1.82) is 0 Å². The number of carbonyl (C=O) groups excluding carboxylic acids is 1. The predicted octanol–water partition coefficient (Wildman–Crippen LogP) is 5.14. The molecule has 0 saturated carbocycles. The topological polar surface area (TPSA) is 130 Å². The molecule has 0 unspecified atom stereocenters. The van der Waals surface area contributed by atoms with E-state index in [4.69, 9.17) is 5.11 Å². The van der Waals surface area contributed by atoms with Crippen molar-refractivity contribution in [3.05, 3.63) is 0 Å². The minimum Gasteiger partial charge on any atom is -0.394 e. The summed E-state index contributed by atoms with van der Waals surface area (Å²) < 4.78 is 0. The molecule has 0 rings (SSSR count). The van der Waals surface area contributed by atoms with Crippen molar-refractivity contribution in [3.8, 4) is 0 Å². The van der Waals surface area contributed by atoms with E-state index in [1.54, 1.807) is 0 Å². The van der Waals surface area contributed by atoms with E-state index in [-0.39, 0.29) is 0 Å². The normalized spacial score (nSPS) is 14.9. The molecular formula is C30H61NO6. The first-order valence-corrected chi connectivity index (χ1v) is 15.6. The predicted molar refractivity (Wildman–Crippen MR) is 151 cm³/mol. The molecule has 0 aliphatic carbocycles. The van der Waals surface area contributed by atoms with E-state index < -0.39 is 36.9 Å². The standard InChI is InChI=1S/C30H61NO6/c1-2-3-4-5-6-7-8-9-10-11-12-13-14-15-16-17-18-19-20-21-22-23-24-31-30(37)29(36)28(35)27(34)26(33)25-32/h26-29,32-36H,2-25H2,1H3,(H,31,37)/t26-,27+,28-,29+/m0/s1. The fourth-order valence-electron chi connectivity index (χ4n) is 4.73. The molecule has 0 spiro atoms. The van der Waals surface area contributed by atoms with Crippen molar-refractivity contribution < 1.29 is 30.3 Å². The van der Waals surface area contributed by atoms with Crippen molar-refractivity contribution in [2.45, 2.75) is 173 Å². The van der Waals surface area contributed by atoms with Gasteiger partial charge in [0.15, 0.2) is 6.10 Å². The summed E-state index contributed by atoms with van der Waals surface area (Å²) in [5.74, 6) is -0.791. The first kappa shape index (κ1) is 36.3. The molecule has 4 atom stereocenters. The molecule has 0 fully saturated rings. The Kier molecular flexibility index (Phi) is 26.3. The third kappa shape index (κ3) is 21.8. The molecular weight excluding hydrogens is 470 g/mol. The first-order chi connectivity index (χ1) is 18.0. The van der Waals surface area contributed by atoms with Gasteiger partial charge in [0.1, 0.15) is 18.3 Å². The van der Waals surface area contributed by atoms with Crippen molar-refractivity contribution in [2.24, 2.45) is 0 Å². The smallest absolute Gasteiger partial charge is 0.251 e. The van der Waals surface area contributed by atoms with Gasteiger partial charge in [-0.3, -0.25) is 4.79 Å². The van der Waals surface area contributed by atoms with Crippen LogP contribution < -0.4 is 5.32 Å². The van der Waals surface area contributed by atoms with Crippen LogP contribution in [-0.2, 0) is 4.79 Å². The van der Waals surface area contributed by atoms with Gasteiger partial charge in [-0.25, -0.2) is 0 Å². The van der Waals surface area contributed by atoms with E-state index in [1.807, 2.05) is 0 Å². The van der Waals surface area contributed by atoms with E-state index in [1.165, 1.54) is 122 Å². The number of carbonyl (C=O) groups is 1. The van der Waals surface area contributed by atoms with Gasteiger partial charge in [-0.05, 0) is 6.42 Å². The Hall–Kier alpha value is -0.730. The molecule has 0 radical (unpaired) electrons. The zero-order valence-corrected chi connectivity index (χ0v) is 23.9. The van der Waals surface area contributed by atoms with E-state index >= 15 is 0 Å². The van der Waals surface area contributed by atoms with Gasteiger partial charge in [0.25, 0.3) is 5.91 Å². The molecule has 7 nitrogen and oxygen atoms in total. The molecule has 1 amide bonds. The van der Waals surface area contributed by atoms with Crippen LogP contribution in [0.3, 0.4) is 0 Å². The van der Waals surface area contributed by atoms with Crippen LogP contribution in [0.2, 0.25) is 0 Å². The molecule has 0 aromatic heterocycles. The Morgan fingerprint density at radius 2 is 0.865 bits per heavy atom. The number of aliphatic hydroxyl groups is 5. The van der Waals surface area contributed by atoms with Gasteiger partial charge in [-0.2, -0.15) is 0 Å². The number of nitrogens with one attached hydrogen (secondary N) is 1. The minimum absolute atomic E-state index is 0.389. The Balaban J connectivity index is 3.33. The highest BCUT2D eigenvalue weighted by Gasteiger charge is 2.33. The molecule has 222 valence electrons. The lowest BCUT2D eigenvalue weighted by Crippen LogP contribution is -2.51. The fourth-order valence-corrected chi connectivity index (χ4v) is 4.73. The van der Waals surface area contributed by atoms with Gasteiger partial charge < -0.3 is 30.8 Å². The highest BCUT2D eigenvalue weighted by molar-refractivity contribution is 5.81. The second-order valence-electron chi connectivity index (χ2n) is 10.9. The number of rotatable bonds is 28. The molecule has 0 aromatic carbocycles. The van der Waals surface area contributed by atoms with Gasteiger partial charge in [-0.15, -0.1) is 0 Å². The highest BCUT2D eigenvalue weighted by Crippen LogP contribution is 2.15. The number of unbranched alkanes of at least 4 members (excludes halogenated alkanes) is 21. The maximum Gasteiger partial charge on any atom is 0.251 e. The largest absolute Gasteiger partial charge is 0.394 e. The summed E-state index contributed by atoms with van der Waals surface area (Å²) in [5.41, 5.74) is 0. The monoisotopic (exact) mass is 531 g/mol. The van der Waals surface area contributed by atoms with Gasteiger partial charge in [0.05, 0.1) is 6.61 Å². The van der Waals surface area contributed by atoms with Crippen LogP contribution in [0.5, 0.6) is 0 Å². The van der Waals surface area contributed by atoms with Gasteiger partial charge >= 0.3 is 0 Å². The third-order valence-corrected chi connectivity index (χ3v) is 7.35. The molecule has 0 heterocycles. The van der Waals surface area contributed by atoms with E-state index in [0.717, 1.165) is 19.3 Å². The van der Waals surface area contributed by atoms with Crippen LogP contribution in [0.4, 0.5) is 0 Å². The summed E-state index contributed by atoms with van der Waals surface area (Å²) in [7, 11) is 0. The lowest BCUT2D eigenvalue weighted by molar-refractivity contribution is -0.148. The average Bonchev–Trinajstić information content (AvgIpc) is 2.91. The maximum atomic E-state index is 11.8. The second kappa shape index (κ2) is 26.9. The molecule has 7 heteroatoms. The number of amides is 1. The van der Waals surface area contributed by atoms with Crippen LogP contribution in [0, 0.1) is 0 Å². The third-order valence-electron chi connectivity index (χ3n) is 7.35. The van der Waals surface area contributed by atoms with Crippen LogP contribution in [0.15, 0.2) is 0 Å². The molecule has 0 aromatic rings. The van der Waals surface area contributed by atoms with Crippen molar-refractivity contribution >= 4 is 5.91 Å². The Morgan fingerprint density at radius 1 is 0.541 bits per heavy atom. The van der Waals surface area contributed by atoms with Gasteiger partial charge in [0.2, 0.25) is 0 Å². The van der Waals surface area contributed by atoms with Crippen molar-refractivity contribution in [3.63, 3.8) is 0 Å². The van der Waals surface area contributed by atoms with Crippen molar-refractivity contribution in [2.75, 3.05) is 13.2 Å². The minimum atomic E-state index is -1.85. The SMILES string of the molecule is CCCCCCCCCCCCCCCCCCCCCCCCNC(=O)[C@H](O)[C@@H](O)[C@H](O)[C@@H](O)CO. The zero-order valence-electron chi connectivity index (χ0n) is 23.9. The van der Waals surface area contributed by atoms with Crippen molar-refractivity contribution in [1.82, 2.24) is 5.32 Å². The fraction of sp³-hybridized carbons (Fsp3) is 0.967. The summed E-state index contributed by atoms with van der Waals surface area (Å²) in [6.45, 7) is 1.89. The van der Waals surface area contributed by atoms with E-state index in [2.05, 4.69) is 12.2 Å². The molecule has 0 aliphatic rings. The molecule has 0 aliphatic heterocycles. The van der Waals surface area contributed by atoms with E-state index in [9.17, 15) is 25.2 Å². The van der Waals surface area contributed by atoms with Crippen LogP contribution in [-0.4, -0.2) is 69.0 Å². The highest BCUT2D eigenvalue weighted by atomic mass is 16.4. The maximum absolute atomic E-state index is 11.8. The molecule has 37 heavy (non-hydrogen) atoms. The summed E-state index contributed by atoms with van der Waals surface area (Å²) in [5, 5.41) is 49.6.